The minimum Gasteiger partial charge on any atom is -0.322 e. The lowest BCUT2D eigenvalue weighted by Gasteiger charge is -2.04. The average Bonchev–Trinajstić information content (AvgIpc) is 3.04. The van der Waals surface area contributed by atoms with Crippen LogP contribution in [-0.2, 0) is 0 Å². The lowest BCUT2D eigenvalue weighted by molar-refractivity contribution is 0.0692. The molecule has 1 aromatic carbocycles. The van der Waals surface area contributed by atoms with Gasteiger partial charge in [-0.25, -0.2) is 0 Å². The van der Waals surface area contributed by atoms with Crippen LogP contribution in [0.5, 0.6) is 0 Å². The highest BCUT2D eigenvalue weighted by atomic mass is 16.2. The fourth-order valence-corrected chi connectivity index (χ4v) is 2.02. The largest absolute Gasteiger partial charge is 0.322 e. The molecule has 0 saturated carbocycles. The molecule has 3 rings (SSSR count). The van der Waals surface area contributed by atoms with Crippen LogP contribution >= 0.6 is 0 Å². The van der Waals surface area contributed by atoms with Gasteiger partial charge in [-0.2, -0.15) is 5.10 Å². The van der Waals surface area contributed by atoms with E-state index < -0.39 is 0 Å². The Morgan fingerprint density at radius 1 is 1.25 bits per heavy atom. The van der Waals surface area contributed by atoms with Crippen LogP contribution in [0, 0.1) is 0 Å². The lowest BCUT2D eigenvalue weighted by Crippen LogP contribution is -2.24. The zero-order valence-electron chi connectivity index (χ0n) is 10.5. The highest BCUT2D eigenvalue weighted by molar-refractivity contribution is 6.21. The molecular weight excluding hydrogens is 260 g/mol. The molecule has 0 atom stereocenters. The Balaban J connectivity index is 1.89. The maximum Gasteiger partial charge on any atom is 0.261 e. The molecule has 0 spiro atoms. The number of carbonyl (C=O) groups excluding carboxylic acids is 3. The first kappa shape index (κ1) is 12.1. The minimum atomic E-state index is -0.371. The number of fused-ring (bicyclic) bond motifs is 1. The van der Waals surface area contributed by atoms with Gasteiger partial charge in [0, 0.05) is 18.9 Å². The van der Waals surface area contributed by atoms with Gasteiger partial charge in [-0.05, 0) is 18.2 Å². The Kier molecular flexibility index (Phi) is 2.60. The first-order chi connectivity index (χ1) is 9.58. The maximum atomic E-state index is 11.9. The molecule has 3 amide bonds. The van der Waals surface area contributed by atoms with E-state index in [9.17, 15) is 14.4 Å². The number of anilines is 1. The van der Waals surface area contributed by atoms with E-state index in [0.29, 0.717) is 22.4 Å². The number of hydrogen-bond donors (Lipinski definition) is 2. The number of nitrogens with zero attached hydrogens (tertiary/aromatic N) is 2. The van der Waals surface area contributed by atoms with Gasteiger partial charge in [-0.15, -0.1) is 0 Å². The molecule has 0 bridgehead atoms. The van der Waals surface area contributed by atoms with Gasteiger partial charge in [-0.3, -0.25) is 24.4 Å². The highest BCUT2D eigenvalue weighted by Crippen LogP contribution is 2.24. The summed E-state index contributed by atoms with van der Waals surface area (Å²) in [4.78, 5) is 36.5. The molecule has 7 heteroatoms. The summed E-state index contributed by atoms with van der Waals surface area (Å²) in [6.45, 7) is 0. The van der Waals surface area contributed by atoms with Crippen LogP contribution < -0.4 is 5.32 Å². The molecule has 2 aromatic rings. The van der Waals surface area contributed by atoms with E-state index in [0.717, 1.165) is 4.90 Å². The molecule has 0 unspecified atom stereocenters. The van der Waals surface area contributed by atoms with Gasteiger partial charge in [0.05, 0.1) is 22.9 Å². The molecule has 0 saturated heterocycles. The highest BCUT2D eigenvalue weighted by Gasteiger charge is 2.32. The Bertz CT molecular complexity index is 721. The molecule has 1 aliphatic rings. The summed E-state index contributed by atoms with van der Waals surface area (Å²) in [5.41, 5.74) is 1.47. The molecule has 7 nitrogen and oxygen atoms in total. The quantitative estimate of drug-likeness (QED) is 0.792. The van der Waals surface area contributed by atoms with Gasteiger partial charge in [0.2, 0.25) is 0 Å². The van der Waals surface area contributed by atoms with Crippen molar-refractivity contribution in [2.45, 2.75) is 0 Å². The second kappa shape index (κ2) is 4.30. The van der Waals surface area contributed by atoms with Gasteiger partial charge >= 0.3 is 0 Å². The number of H-pyrrole nitrogens is 1. The molecule has 2 N–H and O–H groups in total. The number of amides is 3. The number of carbonyl (C=O) groups is 3. The van der Waals surface area contributed by atoms with Crippen LogP contribution in [0.2, 0.25) is 0 Å². The molecular formula is C13H10N4O3. The van der Waals surface area contributed by atoms with Gasteiger partial charge in [0.15, 0.2) is 0 Å². The molecule has 0 radical (unpaired) electrons. The third kappa shape index (κ3) is 1.76. The average molecular weight is 270 g/mol. The fraction of sp³-hybridized carbons (Fsp3) is 0.0769. The smallest absolute Gasteiger partial charge is 0.261 e. The second-order valence-corrected chi connectivity index (χ2v) is 4.37. The standard InChI is InChI=1S/C13H10N4O3/c1-17-12(19)9-3-2-8(4-10(9)13(17)20)16-11(18)7-5-14-15-6-7/h2-6H,1H3,(H,14,15)(H,16,18). The van der Waals surface area contributed by atoms with Gasteiger partial charge < -0.3 is 5.32 Å². The van der Waals surface area contributed by atoms with Crippen molar-refractivity contribution >= 4 is 23.4 Å². The molecule has 0 fully saturated rings. The second-order valence-electron chi connectivity index (χ2n) is 4.37. The number of hydrogen-bond acceptors (Lipinski definition) is 4. The van der Waals surface area contributed by atoms with Gasteiger partial charge in [0.1, 0.15) is 0 Å². The third-order valence-corrected chi connectivity index (χ3v) is 3.11. The predicted octanol–water partition coefficient (Wildman–Crippen LogP) is 0.888. The fourth-order valence-electron chi connectivity index (χ4n) is 2.02. The first-order valence-electron chi connectivity index (χ1n) is 5.84. The van der Waals surface area contributed by atoms with Crippen LogP contribution in [0.4, 0.5) is 5.69 Å². The monoisotopic (exact) mass is 270 g/mol. The van der Waals surface area contributed by atoms with Crippen molar-refractivity contribution in [2.24, 2.45) is 0 Å². The molecule has 20 heavy (non-hydrogen) atoms. The number of benzene rings is 1. The summed E-state index contributed by atoms with van der Waals surface area (Å²) >= 11 is 0. The summed E-state index contributed by atoms with van der Waals surface area (Å²) in [5, 5.41) is 8.87. The van der Waals surface area contributed by atoms with Crippen molar-refractivity contribution in [3.05, 3.63) is 47.3 Å². The Morgan fingerprint density at radius 2 is 2.00 bits per heavy atom. The van der Waals surface area contributed by atoms with Crippen molar-refractivity contribution in [1.82, 2.24) is 15.1 Å². The SMILES string of the molecule is CN1C(=O)c2ccc(NC(=O)c3cn[nH]c3)cc2C1=O. The number of rotatable bonds is 2. The van der Waals surface area contributed by atoms with E-state index in [1.807, 2.05) is 0 Å². The van der Waals surface area contributed by atoms with Crippen LogP contribution in [0.15, 0.2) is 30.6 Å². The number of nitrogens with one attached hydrogen (secondary N) is 2. The molecule has 100 valence electrons. The third-order valence-electron chi connectivity index (χ3n) is 3.11. The van der Waals surface area contributed by atoms with Crippen LogP contribution in [0.25, 0.3) is 0 Å². The topological polar surface area (TPSA) is 95.2 Å². The number of aromatic amines is 1. The van der Waals surface area contributed by atoms with E-state index in [1.165, 1.54) is 31.6 Å². The zero-order chi connectivity index (χ0) is 14.3. The van der Waals surface area contributed by atoms with Crippen molar-refractivity contribution in [1.29, 1.82) is 0 Å². The summed E-state index contributed by atoms with van der Waals surface area (Å²) in [6.07, 6.45) is 2.86. The first-order valence-corrected chi connectivity index (χ1v) is 5.84. The normalized spacial score (nSPS) is 13.6. The van der Waals surface area contributed by atoms with E-state index in [-0.39, 0.29) is 17.7 Å². The van der Waals surface area contributed by atoms with Crippen LogP contribution in [0.3, 0.4) is 0 Å². The van der Waals surface area contributed by atoms with E-state index >= 15 is 0 Å². The van der Waals surface area contributed by atoms with E-state index in [2.05, 4.69) is 15.5 Å². The summed E-state index contributed by atoms with van der Waals surface area (Å²) < 4.78 is 0. The lowest BCUT2D eigenvalue weighted by atomic mass is 10.1. The van der Waals surface area contributed by atoms with Crippen molar-refractivity contribution in [2.75, 3.05) is 12.4 Å². The summed E-state index contributed by atoms with van der Waals surface area (Å²) in [5.74, 6) is -1.05. The molecule has 1 aliphatic heterocycles. The zero-order valence-corrected chi connectivity index (χ0v) is 10.5. The molecule has 2 heterocycles. The van der Waals surface area contributed by atoms with E-state index in [1.54, 1.807) is 6.07 Å². The summed E-state index contributed by atoms with van der Waals surface area (Å²) in [7, 11) is 1.42. The van der Waals surface area contributed by atoms with Crippen LogP contribution in [0.1, 0.15) is 31.1 Å². The van der Waals surface area contributed by atoms with E-state index in [4.69, 9.17) is 0 Å². The number of aromatic nitrogens is 2. The molecule has 0 aliphatic carbocycles. The summed E-state index contributed by atoms with van der Waals surface area (Å²) in [6, 6.07) is 4.61. The maximum absolute atomic E-state index is 11.9. The minimum absolute atomic E-state index is 0.294. The Labute approximate surface area is 113 Å². The van der Waals surface area contributed by atoms with Crippen molar-refractivity contribution in [3.8, 4) is 0 Å². The van der Waals surface area contributed by atoms with Gasteiger partial charge in [0.25, 0.3) is 17.7 Å². The van der Waals surface area contributed by atoms with Crippen molar-refractivity contribution < 1.29 is 14.4 Å². The predicted molar refractivity (Wildman–Crippen MR) is 69.4 cm³/mol. The number of imide groups is 1. The Morgan fingerprint density at radius 3 is 2.70 bits per heavy atom. The molecule has 1 aromatic heterocycles. The van der Waals surface area contributed by atoms with Gasteiger partial charge in [-0.1, -0.05) is 0 Å². The van der Waals surface area contributed by atoms with Crippen molar-refractivity contribution in [3.63, 3.8) is 0 Å². The Hall–Kier alpha value is -2.96. The van der Waals surface area contributed by atoms with Crippen LogP contribution in [-0.4, -0.2) is 39.9 Å².